The van der Waals surface area contributed by atoms with E-state index in [1.165, 1.54) is 0 Å². The zero-order chi connectivity index (χ0) is 15.2. The van der Waals surface area contributed by atoms with Gasteiger partial charge in [0, 0.05) is 24.7 Å². The third kappa shape index (κ3) is 4.89. The van der Waals surface area contributed by atoms with Gasteiger partial charge in [-0.05, 0) is 43.4 Å². The van der Waals surface area contributed by atoms with Gasteiger partial charge >= 0.3 is 0 Å². The highest BCUT2D eigenvalue weighted by Gasteiger charge is 2.26. The van der Waals surface area contributed by atoms with Crippen molar-refractivity contribution in [2.24, 2.45) is 11.7 Å². The molecule has 1 fully saturated rings. The molecule has 0 aliphatic carbocycles. The van der Waals surface area contributed by atoms with Crippen molar-refractivity contribution in [1.82, 2.24) is 4.90 Å². The molecule has 124 valence electrons. The van der Waals surface area contributed by atoms with E-state index >= 15 is 0 Å². The molecule has 1 unspecified atom stereocenters. The number of nitrogens with two attached hydrogens (primary N) is 1. The van der Waals surface area contributed by atoms with Crippen molar-refractivity contribution in [2.75, 3.05) is 19.7 Å². The molecule has 1 heterocycles. The Morgan fingerprint density at radius 2 is 2.18 bits per heavy atom. The molecule has 0 spiro atoms. The van der Waals surface area contributed by atoms with Gasteiger partial charge in [0.2, 0.25) is 0 Å². The van der Waals surface area contributed by atoms with E-state index < -0.39 is 0 Å². The van der Waals surface area contributed by atoms with Crippen molar-refractivity contribution < 1.29 is 9.53 Å². The topological polar surface area (TPSA) is 55.6 Å². The molecule has 0 saturated carbocycles. The second-order valence-corrected chi connectivity index (χ2v) is 6.12. The minimum Gasteiger partial charge on any atom is -0.493 e. The highest BCUT2D eigenvalue weighted by molar-refractivity contribution is 5.94. The van der Waals surface area contributed by atoms with E-state index in [9.17, 15) is 4.79 Å². The Labute approximate surface area is 139 Å². The molecule has 1 aliphatic heterocycles. The van der Waals surface area contributed by atoms with Gasteiger partial charge in [-0.2, -0.15) is 0 Å². The summed E-state index contributed by atoms with van der Waals surface area (Å²) < 4.78 is 5.70. The normalized spacial score (nSPS) is 18.0. The Morgan fingerprint density at radius 3 is 2.86 bits per heavy atom. The van der Waals surface area contributed by atoms with E-state index in [0.717, 1.165) is 31.6 Å². The van der Waals surface area contributed by atoms with Gasteiger partial charge in [0.25, 0.3) is 5.91 Å². The number of hydrogen-bond donors (Lipinski definition) is 1. The van der Waals surface area contributed by atoms with Crippen molar-refractivity contribution in [1.29, 1.82) is 0 Å². The van der Waals surface area contributed by atoms with Crippen molar-refractivity contribution in [2.45, 2.75) is 39.2 Å². The van der Waals surface area contributed by atoms with Crippen LogP contribution in [0.3, 0.4) is 0 Å². The quantitative estimate of drug-likeness (QED) is 0.904. The number of nitrogens with zero attached hydrogens (tertiary/aromatic N) is 1. The first-order valence-corrected chi connectivity index (χ1v) is 7.85. The Bertz CT molecular complexity index is 479. The van der Waals surface area contributed by atoms with Gasteiger partial charge in [0.15, 0.2) is 0 Å². The van der Waals surface area contributed by atoms with Gasteiger partial charge in [0.05, 0.1) is 6.61 Å². The molecule has 1 aromatic carbocycles. The van der Waals surface area contributed by atoms with Crippen molar-refractivity contribution in [3.05, 3.63) is 29.8 Å². The minimum absolute atomic E-state index is 0. The van der Waals surface area contributed by atoms with Crippen LogP contribution in [0, 0.1) is 5.92 Å². The van der Waals surface area contributed by atoms with Crippen LogP contribution in [0.5, 0.6) is 5.75 Å². The van der Waals surface area contributed by atoms with Crippen LogP contribution in [-0.4, -0.2) is 36.5 Å². The number of carbonyl (C=O) groups excluding carboxylic acids is 1. The molecule has 1 saturated heterocycles. The fraction of sp³-hybridized carbons (Fsp3) is 0.588. The summed E-state index contributed by atoms with van der Waals surface area (Å²) in [6, 6.07) is 7.64. The number of carbonyl (C=O) groups is 1. The maximum absolute atomic E-state index is 12.7. The lowest BCUT2D eigenvalue weighted by Crippen LogP contribution is -2.47. The maximum Gasteiger partial charge on any atom is 0.254 e. The third-order valence-corrected chi connectivity index (χ3v) is 3.82. The van der Waals surface area contributed by atoms with Crippen LogP contribution < -0.4 is 10.5 Å². The SMILES string of the molecule is CC(C)COc1cccc(C(=O)N2CCCCC2CN)c1.Cl. The minimum atomic E-state index is 0. The van der Waals surface area contributed by atoms with E-state index in [-0.39, 0.29) is 24.4 Å². The smallest absolute Gasteiger partial charge is 0.254 e. The van der Waals surface area contributed by atoms with Crippen molar-refractivity contribution >= 4 is 18.3 Å². The Kier molecular flexibility index (Phi) is 7.69. The van der Waals surface area contributed by atoms with Crippen LogP contribution in [0.1, 0.15) is 43.5 Å². The predicted molar refractivity (Wildman–Crippen MR) is 91.8 cm³/mol. The summed E-state index contributed by atoms with van der Waals surface area (Å²) in [4.78, 5) is 14.6. The van der Waals surface area contributed by atoms with E-state index in [1.54, 1.807) is 0 Å². The van der Waals surface area contributed by atoms with Crippen LogP contribution in [0.15, 0.2) is 24.3 Å². The second-order valence-electron chi connectivity index (χ2n) is 6.12. The summed E-state index contributed by atoms with van der Waals surface area (Å²) in [5.41, 5.74) is 6.49. The molecule has 0 bridgehead atoms. The fourth-order valence-electron chi connectivity index (χ4n) is 2.66. The first-order chi connectivity index (χ1) is 10.1. The number of hydrogen-bond acceptors (Lipinski definition) is 3. The monoisotopic (exact) mass is 326 g/mol. The molecule has 1 aromatic rings. The lowest BCUT2D eigenvalue weighted by molar-refractivity contribution is 0.0623. The number of piperidine rings is 1. The summed E-state index contributed by atoms with van der Waals surface area (Å²) in [5.74, 6) is 1.30. The summed E-state index contributed by atoms with van der Waals surface area (Å²) in [5, 5.41) is 0. The molecule has 4 nitrogen and oxygen atoms in total. The first kappa shape index (κ1) is 18.8. The van der Waals surface area contributed by atoms with Crippen molar-refractivity contribution in [3.8, 4) is 5.75 Å². The average Bonchev–Trinajstić information content (AvgIpc) is 2.52. The standard InChI is InChI=1S/C17H26N2O2.ClH/c1-13(2)12-21-16-8-5-6-14(10-16)17(20)19-9-4-3-7-15(19)11-18;/h5-6,8,10,13,15H,3-4,7,9,11-12,18H2,1-2H3;1H. The number of amides is 1. The number of halogens is 1. The summed E-state index contributed by atoms with van der Waals surface area (Å²) in [6.07, 6.45) is 3.22. The number of rotatable bonds is 5. The Morgan fingerprint density at radius 1 is 1.41 bits per heavy atom. The molecule has 2 N–H and O–H groups in total. The molecule has 2 rings (SSSR count). The maximum atomic E-state index is 12.7. The predicted octanol–water partition coefficient (Wildman–Crippen LogP) is 3.10. The summed E-state index contributed by atoms with van der Waals surface area (Å²) in [6.45, 7) is 6.21. The molecule has 1 atom stereocenters. The van der Waals surface area contributed by atoms with Gasteiger partial charge in [0.1, 0.15) is 5.75 Å². The van der Waals surface area contributed by atoms with Crippen molar-refractivity contribution in [3.63, 3.8) is 0 Å². The van der Waals surface area contributed by atoms with Crippen LogP contribution in [0.4, 0.5) is 0 Å². The van der Waals surface area contributed by atoms with Crippen LogP contribution in [-0.2, 0) is 0 Å². The third-order valence-electron chi connectivity index (χ3n) is 3.82. The number of likely N-dealkylation sites (tertiary alicyclic amines) is 1. The molecule has 0 aromatic heterocycles. The average molecular weight is 327 g/mol. The van der Waals surface area contributed by atoms with Gasteiger partial charge < -0.3 is 15.4 Å². The van der Waals surface area contributed by atoms with Crippen LogP contribution in [0.2, 0.25) is 0 Å². The van der Waals surface area contributed by atoms with E-state index in [4.69, 9.17) is 10.5 Å². The van der Waals surface area contributed by atoms with Gasteiger partial charge in [-0.25, -0.2) is 0 Å². The van der Waals surface area contributed by atoms with E-state index in [1.807, 2.05) is 29.2 Å². The molecule has 22 heavy (non-hydrogen) atoms. The van der Waals surface area contributed by atoms with E-state index in [0.29, 0.717) is 24.6 Å². The molecular formula is C17H27ClN2O2. The van der Waals surface area contributed by atoms with Gasteiger partial charge in [-0.15, -0.1) is 12.4 Å². The highest BCUT2D eigenvalue weighted by Crippen LogP contribution is 2.21. The first-order valence-electron chi connectivity index (χ1n) is 7.85. The zero-order valence-corrected chi connectivity index (χ0v) is 14.3. The largest absolute Gasteiger partial charge is 0.493 e. The molecular weight excluding hydrogens is 300 g/mol. The van der Waals surface area contributed by atoms with Gasteiger partial charge in [-0.1, -0.05) is 19.9 Å². The molecule has 5 heteroatoms. The zero-order valence-electron chi connectivity index (χ0n) is 13.5. The number of ether oxygens (including phenoxy) is 1. The second kappa shape index (κ2) is 9.01. The molecule has 1 amide bonds. The lowest BCUT2D eigenvalue weighted by atomic mass is 10.0. The Balaban J connectivity index is 0.00000242. The highest BCUT2D eigenvalue weighted by atomic mass is 35.5. The van der Waals surface area contributed by atoms with Crippen LogP contribution in [0.25, 0.3) is 0 Å². The van der Waals surface area contributed by atoms with Gasteiger partial charge in [-0.3, -0.25) is 4.79 Å². The summed E-state index contributed by atoms with van der Waals surface area (Å²) >= 11 is 0. The molecule has 0 radical (unpaired) electrons. The van der Waals surface area contributed by atoms with Crippen LogP contribution >= 0.6 is 12.4 Å². The Hall–Kier alpha value is -1.26. The summed E-state index contributed by atoms with van der Waals surface area (Å²) in [7, 11) is 0. The van der Waals surface area contributed by atoms with E-state index in [2.05, 4.69) is 13.8 Å². The lowest BCUT2D eigenvalue weighted by Gasteiger charge is -2.35. The molecule has 1 aliphatic rings. The fourth-order valence-corrected chi connectivity index (χ4v) is 2.66. The number of benzene rings is 1.